The quantitative estimate of drug-likeness (QED) is 0.300. The van der Waals surface area contributed by atoms with E-state index in [0.29, 0.717) is 17.1 Å². The van der Waals surface area contributed by atoms with Crippen molar-refractivity contribution in [2.24, 2.45) is 0 Å². The molecule has 0 radical (unpaired) electrons. The third-order valence-electron chi connectivity index (χ3n) is 4.83. The third kappa shape index (κ3) is 6.54. The van der Waals surface area contributed by atoms with Gasteiger partial charge in [0.25, 0.3) is 0 Å². The lowest BCUT2D eigenvalue weighted by molar-refractivity contribution is 0.101. The third-order valence-corrected chi connectivity index (χ3v) is 4.83. The molecule has 0 N–H and O–H groups in total. The van der Waals surface area contributed by atoms with Gasteiger partial charge in [0.2, 0.25) is 0 Å². The minimum absolute atomic E-state index is 0.0605. The Hall–Kier alpha value is -1.71. The molecule has 0 aromatic heterocycles. The average molecular weight is 365 g/mol. The summed E-state index contributed by atoms with van der Waals surface area (Å²) in [6.07, 6.45) is 12.4. The number of hydrogen-bond acceptors (Lipinski definition) is 4. The van der Waals surface area contributed by atoms with Crippen LogP contribution in [0.5, 0.6) is 17.2 Å². The van der Waals surface area contributed by atoms with Gasteiger partial charge in [0.1, 0.15) is 22.8 Å². The fourth-order valence-corrected chi connectivity index (χ4v) is 3.40. The lowest BCUT2D eigenvalue weighted by Gasteiger charge is -2.18. The second-order valence-electron chi connectivity index (χ2n) is 6.80. The Morgan fingerprint density at radius 3 is 1.81 bits per heavy atom. The number of carbonyl (C=O) groups excluding carboxylic acids is 1. The van der Waals surface area contributed by atoms with Crippen molar-refractivity contribution in [2.45, 2.75) is 78.1 Å². The van der Waals surface area contributed by atoms with Gasteiger partial charge in [-0.15, -0.1) is 0 Å². The van der Waals surface area contributed by atoms with Crippen LogP contribution < -0.4 is 14.2 Å². The average Bonchev–Trinajstić information content (AvgIpc) is 2.65. The second kappa shape index (κ2) is 12.6. The molecule has 1 aromatic carbocycles. The highest BCUT2D eigenvalue weighted by atomic mass is 16.5. The van der Waals surface area contributed by atoms with Crippen molar-refractivity contribution in [2.75, 3.05) is 21.3 Å². The highest BCUT2D eigenvalue weighted by Gasteiger charge is 2.22. The molecular weight excluding hydrogens is 328 g/mol. The first-order valence-electron chi connectivity index (χ1n) is 9.93. The van der Waals surface area contributed by atoms with Crippen molar-refractivity contribution in [3.63, 3.8) is 0 Å². The number of hydrogen-bond donors (Lipinski definition) is 0. The Kier molecular flexibility index (Phi) is 10.8. The van der Waals surface area contributed by atoms with Crippen LogP contribution in [0.2, 0.25) is 0 Å². The van der Waals surface area contributed by atoms with Gasteiger partial charge < -0.3 is 14.2 Å². The van der Waals surface area contributed by atoms with E-state index in [0.717, 1.165) is 24.2 Å². The molecule has 0 atom stereocenters. The molecule has 1 aromatic rings. The molecule has 0 aliphatic heterocycles. The van der Waals surface area contributed by atoms with Crippen LogP contribution in [0.25, 0.3) is 0 Å². The number of unbranched alkanes of at least 4 members (excludes halogenated alkanes) is 8. The lowest BCUT2D eigenvalue weighted by atomic mass is 9.98. The van der Waals surface area contributed by atoms with Crippen LogP contribution in [0, 0.1) is 0 Å². The zero-order chi connectivity index (χ0) is 19.4. The summed E-state index contributed by atoms with van der Waals surface area (Å²) in [4.78, 5) is 12.1. The summed E-state index contributed by atoms with van der Waals surface area (Å²) in [6.45, 7) is 3.79. The maximum atomic E-state index is 12.1. The molecule has 0 fully saturated rings. The monoisotopic (exact) mass is 364 g/mol. The van der Waals surface area contributed by atoms with Gasteiger partial charge in [-0.3, -0.25) is 4.79 Å². The summed E-state index contributed by atoms with van der Waals surface area (Å²) >= 11 is 0. The Balaban J connectivity index is 2.67. The summed E-state index contributed by atoms with van der Waals surface area (Å²) in [5, 5.41) is 0. The van der Waals surface area contributed by atoms with Crippen LogP contribution in [0.4, 0.5) is 0 Å². The molecular formula is C22H36O4. The summed E-state index contributed by atoms with van der Waals surface area (Å²) in [7, 11) is 4.79. The molecule has 0 heterocycles. The molecule has 148 valence electrons. The van der Waals surface area contributed by atoms with E-state index >= 15 is 0 Å². The molecule has 0 bridgehead atoms. The standard InChI is InChI=1S/C22H36O4/c1-6-7-8-9-10-11-12-13-14-15-18-19(24-3)16-20(25-4)21(17(2)23)22(18)26-5/h16H,6-15H2,1-5H3. The van der Waals surface area contributed by atoms with E-state index in [-0.39, 0.29) is 5.78 Å². The van der Waals surface area contributed by atoms with E-state index in [1.54, 1.807) is 27.4 Å². The van der Waals surface area contributed by atoms with Crippen molar-refractivity contribution in [1.82, 2.24) is 0 Å². The number of ketones is 1. The maximum absolute atomic E-state index is 12.1. The van der Waals surface area contributed by atoms with E-state index in [2.05, 4.69) is 6.92 Å². The van der Waals surface area contributed by atoms with Crippen LogP contribution in [-0.4, -0.2) is 27.1 Å². The normalized spacial score (nSPS) is 10.7. The largest absolute Gasteiger partial charge is 0.496 e. The van der Waals surface area contributed by atoms with Gasteiger partial charge in [-0.25, -0.2) is 0 Å². The van der Waals surface area contributed by atoms with E-state index in [9.17, 15) is 4.79 Å². The van der Waals surface area contributed by atoms with Crippen LogP contribution in [0.15, 0.2) is 6.07 Å². The van der Waals surface area contributed by atoms with E-state index in [1.807, 2.05) is 0 Å². The van der Waals surface area contributed by atoms with Crippen LogP contribution in [0.3, 0.4) is 0 Å². The first kappa shape index (κ1) is 22.3. The molecule has 0 spiro atoms. The summed E-state index contributed by atoms with van der Waals surface area (Å²) < 4.78 is 16.5. The number of methoxy groups -OCH3 is 3. The van der Waals surface area contributed by atoms with Gasteiger partial charge in [-0.2, -0.15) is 0 Å². The van der Waals surface area contributed by atoms with Crippen molar-refractivity contribution < 1.29 is 19.0 Å². The second-order valence-corrected chi connectivity index (χ2v) is 6.80. The number of carbonyl (C=O) groups is 1. The SMILES string of the molecule is CCCCCCCCCCCc1c(OC)cc(OC)c(C(C)=O)c1OC. The maximum Gasteiger partial charge on any atom is 0.167 e. The van der Waals surface area contributed by atoms with E-state index < -0.39 is 0 Å². The molecule has 0 aliphatic rings. The van der Waals surface area contributed by atoms with Gasteiger partial charge in [0.05, 0.1) is 21.3 Å². The molecule has 0 unspecified atom stereocenters. The zero-order valence-corrected chi connectivity index (χ0v) is 17.3. The summed E-state index contributed by atoms with van der Waals surface area (Å²) in [5.41, 5.74) is 1.46. The fraction of sp³-hybridized carbons (Fsp3) is 0.682. The van der Waals surface area contributed by atoms with Crippen molar-refractivity contribution >= 4 is 5.78 Å². The van der Waals surface area contributed by atoms with Crippen molar-refractivity contribution in [3.05, 3.63) is 17.2 Å². The number of benzene rings is 1. The minimum atomic E-state index is -0.0605. The Labute approximate surface area is 159 Å². The van der Waals surface area contributed by atoms with Crippen molar-refractivity contribution in [1.29, 1.82) is 0 Å². The highest BCUT2D eigenvalue weighted by Crippen LogP contribution is 2.40. The molecule has 0 saturated heterocycles. The van der Waals surface area contributed by atoms with Crippen LogP contribution in [0.1, 0.15) is 87.6 Å². The Morgan fingerprint density at radius 1 is 0.808 bits per heavy atom. The minimum Gasteiger partial charge on any atom is -0.496 e. The fourth-order valence-electron chi connectivity index (χ4n) is 3.40. The number of Topliss-reactive ketones (excluding diaryl/α,β-unsaturated/α-hetero) is 1. The molecule has 26 heavy (non-hydrogen) atoms. The molecule has 4 nitrogen and oxygen atoms in total. The van der Waals surface area contributed by atoms with E-state index in [1.165, 1.54) is 58.3 Å². The topological polar surface area (TPSA) is 44.8 Å². The van der Waals surface area contributed by atoms with Gasteiger partial charge in [-0.1, -0.05) is 58.3 Å². The Bertz CT molecular complexity index is 552. The zero-order valence-electron chi connectivity index (χ0n) is 17.3. The van der Waals surface area contributed by atoms with E-state index in [4.69, 9.17) is 14.2 Å². The van der Waals surface area contributed by atoms with Gasteiger partial charge in [0.15, 0.2) is 5.78 Å². The van der Waals surface area contributed by atoms with Gasteiger partial charge >= 0.3 is 0 Å². The predicted octanol–water partition coefficient (Wildman–Crippen LogP) is 5.99. The number of ether oxygens (including phenoxy) is 3. The molecule has 0 amide bonds. The van der Waals surface area contributed by atoms with Gasteiger partial charge in [-0.05, 0) is 19.8 Å². The predicted molar refractivity (Wildman–Crippen MR) is 107 cm³/mol. The Morgan fingerprint density at radius 2 is 1.35 bits per heavy atom. The van der Waals surface area contributed by atoms with Crippen LogP contribution in [-0.2, 0) is 6.42 Å². The first-order valence-corrected chi connectivity index (χ1v) is 9.93. The number of rotatable bonds is 14. The molecule has 0 aliphatic carbocycles. The smallest absolute Gasteiger partial charge is 0.167 e. The van der Waals surface area contributed by atoms with Crippen molar-refractivity contribution in [3.8, 4) is 17.2 Å². The summed E-state index contributed by atoms with van der Waals surface area (Å²) in [6, 6.07) is 1.79. The molecule has 4 heteroatoms. The van der Waals surface area contributed by atoms with Crippen LogP contribution >= 0.6 is 0 Å². The van der Waals surface area contributed by atoms with Gasteiger partial charge in [0, 0.05) is 11.6 Å². The molecule has 0 saturated carbocycles. The summed E-state index contributed by atoms with van der Waals surface area (Å²) in [5.74, 6) is 1.76. The molecule has 1 rings (SSSR count). The first-order chi connectivity index (χ1) is 12.6. The lowest BCUT2D eigenvalue weighted by Crippen LogP contribution is -2.07. The highest BCUT2D eigenvalue weighted by molar-refractivity contribution is 6.00.